The molecule has 0 spiro atoms. The highest BCUT2D eigenvalue weighted by atomic mass is 16.5. The van der Waals surface area contributed by atoms with Gasteiger partial charge in [0.1, 0.15) is 18.5 Å². The minimum atomic E-state index is -0.611. The number of carbonyl (C=O) groups is 1. The first-order chi connectivity index (χ1) is 11.3. The molecule has 1 aromatic carbocycles. The Balaban J connectivity index is 2.40. The van der Waals surface area contributed by atoms with E-state index < -0.39 is 12.2 Å². The van der Waals surface area contributed by atoms with Crippen LogP contribution in [0.1, 0.15) is 40.5 Å². The molecule has 0 bridgehead atoms. The van der Waals surface area contributed by atoms with Crippen molar-refractivity contribution in [2.45, 2.75) is 52.2 Å². The summed E-state index contributed by atoms with van der Waals surface area (Å²) >= 11 is 0. The van der Waals surface area contributed by atoms with Gasteiger partial charge in [0.05, 0.1) is 6.61 Å². The van der Waals surface area contributed by atoms with Gasteiger partial charge in [0, 0.05) is 23.8 Å². The zero-order valence-electron chi connectivity index (χ0n) is 15.1. The van der Waals surface area contributed by atoms with Crippen LogP contribution < -0.4 is 15.4 Å². The summed E-state index contributed by atoms with van der Waals surface area (Å²) in [7, 11) is 0. The summed E-state index contributed by atoms with van der Waals surface area (Å²) in [4.78, 5) is 11.6. The zero-order chi connectivity index (χ0) is 18.0. The number of benzene rings is 1. The van der Waals surface area contributed by atoms with Gasteiger partial charge in [-0.15, -0.1) is 0 Å². The lowest BCUT2D eigenvalue weighted by Crippen LogP contribution is -2.42. The van der Waals surface area contributed by atoms with Gasteiger partial charge in [0.2, 0.25) is 0 Å². The van der Waals surface area contributed by atoms with Gasteiger partial charge in [-0.3, -0.25) is 5.32 Å². The van der Waals surface area contributed by atoms with Gasteiger partial charge in [-0.25, -0.2) is 4.79 Å². The third-order valence-corrected chi connectivity index (χ3v) is 3.12. The molecule has 136 valence electrons. The lowest BCUT2D eigenvalue weighted by Gasteiger charge is -2.23. The lowest BCUT2D eigenvalue weighted by molar-refractivity contribution is 0.100. The van der Waals surface area contributed by atoms with E-state index in [-0.39, 0.29) is 12.1 Å². The summed E-state index contributed by atoms with van der Waals surface area (Å²) in [5.74, 6) is 0.580. The second-order valence-corrected chi connectivity index (χ2v) is 6.74. The van der Waals surface area contributed by atoms with Crippen LogP contribution in [-0.4, -0.2) is 42.6 Å². The Morgan fingerprint density at radius 3 is 2.75 bits per heavy atom. The SMILES string of the molecule is CCCCOC(=O)Nc1cccc(OCC(O)CNC(C)(C)C)c1. The van der Waals surface area contributed by atoms with E-state index in [9.17, 15) is 9.90 Å². The predicted octanol–water partition coefficient (Wildman–Crippen LogP) is 3.16. The van der Waals surface area contributed by atoms with Crippen molar-refractivity contribution in [3.63, 3.8) is 0 Å². The molecule has 0 saturated heterocycles. The molecular formula is C18H30N2O4. The Kier molecular flexibility index (Phi) is 8.57. The Bertz CT molecular complexity index is 500. The molecule has 1 atom stereocenters. The first-order valence-corrected chi connectivity index (χ1v) is 8.40. The number of ether oxygens (including phenoxy) is 2. The fraction of sp³-hybridized carbons (Fsp3) is 0.611. The third kappa shape index (κ3) is 9.37. The highest BCUT2D eigenvalue weighted by molar-refractivity contribution is 5.84. The number of anilines is 1. The Morgan fingerprint density at radius 2 is 2.08 bits per heavy atom. The number of nitrogens with one attached hydrogen (secondary N) is 2. The van der Waals surface area contributed by atoms with Gasteiger partial charge in [-0.2, -0.15) is 0 Å². The molecule has 6 heteroatoms. The summed E-state index contributed by atoms with van der Waals surface area (Å²) in [5.41, 5.74) is 0.541. The molecule has 3 N–H and O–H groups in total. The maximum Gasteiger partial charge on any atom is 0.411 e. The summed E-state index contributed by atoms with van der Waals surface area (Å²) in [6.45, 7) is 9.18. The minimum absolute atomic E-state index is 0.0526. The van der Waals surface area contributed by atoms with E-state index in [1.807, 2.05) is 27.7 Å². The van der Waals surface area contributed by atoms with E-state index in [0.717, 1.165) is 12.8 Å². The highest BCUT2D eigenvalue weighted by Crippen LogP contribution is 2.17. The predicted molar refractivity (Wildman–Crippen MR) is 95.6 cm³/mol. The first-order valence-electron chi connectivity index (χ1n) is 8.40. The molecular weight excluding hydrogens is 308 g/mol. The van der Waals surface area contributed by atoms with E-state index in [2.05, 4.69) is 10.6 Å². The molecule has 0 saturated carbocycles. The quantitative estimate of drug-likeness (QED) is 0.603. The van der Waals surface area contributed by atoms with E-state index in [1.54, 1.807) is 24.3 Å². The van der Waals surface area contributed by atoms with Crippen LogP contribution in [0.2, 0.25) is 0 Å². The van der Waals surface area contributed by atoms with Gasteiger partial charge in [-0.05, 0) is 39.3 Å². The monoisotopic (exact) mass is 338 g/mol. The Hall–Kier alpha value is -1.79. The number of β-amino-alcohol motifs (C(OH)–C–C–N with tert-alkyl or cyclic N) is 1. The molecule has 24 heavy (non-hydrogen) atoms. The highest BCUT2D eigenvalue weighted by Gasteiger charge is 2.12. The topological polar surface area (TPSA) is 79.8 Å². The van der Waals surface area contributed by atoms with E-state index >= 15 is 0 Å². The molecule has 0 heterocycles. The molecule has 0 radical (unpaired) electrons. The average molecular weight is 338 g/mol. The van der Waals surface area contributed by atoms with Crippen LogP contribution in [0, 0.1) is 0 Å². The number of carbonyl (C=O) groups excluding carboxylic acids is 1. The standard InChI is InChI=1S/C18H30N2O4/c1-5-6-10-23-17(22)20-14-8-7-9-16(11-14)24-13-15(21)12-19-18(2,3)4/h7-9,11,15,19,21H,5-6,10,12-13H2,1-4H3,(H,20,22). The number of aliphatic hydroxyl groups excluding tert-OH is 1. The van der Waals surface area contributed by atoms with Crippen LogP contribution in [0.4, 0.5) is 10.5 Å². The molecule has 0 aliphatic carbocycles. The maximum atomic E-state index is 11.6. The number of unbranched alkanes of at least 4 members (excludes halogenated alkanes) is 1. The van der Waals surface area contributed by atoms with Gasteiger partial charge < -0.3 is 19.9 Å². The third-order valence-electron chi connectivity index (χ3n) is 3.12. The normalized spacial score (nSPS) is 12.5. The zero-order valence-corrected chi connectivity index (χ0v) is 15.1. The van der Waals surface area contributed by atoms with E-state index in [4.69, 9.17) is 9.47 Å². The fourth-order valence-electron chi connectivity index (χ4n) is 1.80. The number of aliphatic hydroxyl groups is 1. The van der Waals surface area contributed by atoms with Crippen molar-refractivity contribution in [2.75, 3.05) is 25.1 Å². The maximum absolute atomic E-state index is 11.6. The molecule has 1 rings (SSSR count). The summed E-state index contributed by atoms with van der Waals surface area (Å²) < 4.78 is 10.6. The van der Waals surface area contributed by atoms with Gasteiger partial charge >= 0.3 is 6.09 Å². The van der Waals surface area contributed by atoms with Crippen molar-refractivity contribution in [1.82, 2.24) is 5.32 Å². The van der Waals surface area contributed by atoms with E-state index in [1.165, 1.54) is 0 Å². The summed E-state index contributed by atoms with van der Waals surface area (Å²) in [6.07, 6.45) is 0.731. The summed E-state index contributed by atoms with van der Waals surface area (Å²) in [5, 5.41) is 15.8. The average Bonchev–Trinajstić information content (AvgIpc) is 2.51. The first kappa shape index (κ1) is 20.3. The second-order valence-electron chi connectivity index (χ2n) is 6.74. The smallest absolute Gasteiger partial charge is 0.411 e. The number of hydrogen-bond acceptors (Lipinski definition) is 5. The van der Waals surface area contributed by atoms with Crippen molar-refractivity contribution in [3.05, 3.63) is 24.3 Å². The molecule has 0 aliphatic heterocycles. The van der Waals surface area contributed by atoms with Crippen LogP contribution in [0.15, 0.2) is 24.3 Å². The number of amides is 1. The van der Waals surface area contributed by atoms with E-state index in [0.29, 0.717) is 24.6 Å². The lowest BCUT2D eigenvalue weighted by atomic mass is 10.1. The van der Waals surface area contributed by atoms with Gasteiger partial charge in [0.25, 0.3) is 0 Å². The van der Waals surface area contributed by atoms with Crippen molar-refractivity contribution in [2.24, 2.45) is 0 Å². The second kappa shape index (κ2) is 10.2. The molecule has 1 unspecified atom stereocenters. The molecule has 0 aliphatic rings. The van der Waals surface area contributed by atoms with Crippen molar-refractivity contribution in [1.29, 1.82) is 0 Å². The van der Waals surface area contributed by atoms with Crippen molar-refractivity contribution < 1.29 is 19.4 Å². The molecule has 1 amide bonds. The molecule has 0 fully saturated rings. The number of hydrogen-bond donors (Lipinski definition) is 3. The van der Waals surface area contributed by atoms with Crippen LogP contribution in [-0.2, 0) is 4.74 Å². The van der Waals surface area contributed by atoms with Crippen LogP contribution in [0.3, 0.4) is 0 Å². The molecule has 6 nitrogen and oxygen atoms in total. The number of rotatable bonds is 9. The van der Waals surface area contributed by atoms with Crippen LogP contribution in [0.25, 0.3) is 0 Å². The van der Waals surface area contributed by atoms with Crippen molar-refractivity contribution >= 4 is 11.8 Å². The van der Waals surface area contributed by atoms with Gasteiger partial charge in [0.15, 0.2) is 0 Å². The fourth-order valence-corrected chi connectivity index (χ4v) is 1.80. The van der Waals surface area contributed by atoms with Crippen LogP contribution in [0.5, 0.6) is 5.75 Å². The Labute approximate surface area is 144 Å². The molecule has 0 aromatic heterocycles. The minimum Gasteiger partial charge on any atom is -0.491 e. The van der Waals surface area contributed by atoms with Gasteiger partial charge in [-0.1, -0.05) is 19.4 Å². The molecule has 1 aromatic rings. The Morgan fingerprint density at radius 1 is 1.33 bits per heavy atom. The largest absolute Gasteiger partial charge is 0.491 e. The van der Waals surface area contributed by atoms with Crippen LogP contribution >= 0.6 is 0 Å². The van der Waals surface area contributed by atoms with Crippen molar-refractivity contribution in [3.8, 4) is 5.75 Å². The summed E-state index contributed by atoms with van der Waals surface area (Å²) in [6, 6.07) is 7.00.